The Morgan fingerprint density at radius 3 is 2.61 bits per heavy atom. The van der Waals surface area contributed by atoms with Gasteiger partial charge < -0.3 is 9.47 Å². The maximum absolute atomic E-state index is 12.0. The lowest BCUT2D eigenvalue weighted by molar-refractivity contribution is 0.0948. The van der Waals surface area contributed by atoms with E-state index in [1.807, 2.05) is 0 Å². The van der Waals surface area contributed by atoms with Gasteiger partial charge in [0.1, 0.15) is 0 Å². The molecule has 1 heterocycles. The number of hydrazone groups is 1. The zero-order chi connectivity index (χ0) is 17.0. The van der Waals surface area contributed by atoms with Gasteiger partial charge in [0.05, 0.1) is 29.4 Å². The molecular weight excluding hydrogens is 432 g/mol. The van der Waals surface area contributed by atoms with Crippen LogP contribution in [-0.2, 0) is 7.05 Å². The molecule has 0 saturated carbocycles. The molecule has 2 rings (SSSR count). The molecule has 0 unspecified atom stereocenters. The fraction of sp³-hybridized carbons (Fsp3) is 0.214. The van der Waals surface area contributed by atoms with Crippen molar-refractivity contribution in [2.45, 2.75) is 0 Å². The summed E-state index contributed by atoms with van der Waals surface area (Å²) < 4.78 is 13.3. The summed E-state index contributed by atoms with van der Waals surface area (Å²) in [5.41, 5.74) is 3.42. The van der Waals surface area contributed by atoms with Crippen LogP contribution in [0.1, 0.15) is 16.1 Å². The van der Waals surface area contributed by atoms with Gasteiger partial charge in [-0.05, 0) is 49.6 Å². The van der Waals surface area contributed by atoms with Gasteiger partial charge in [-0.3, -0.25) is 9.48 Å². The van der Waals surface area contributed by atoms with E-state index in [-0.39, 0.29) is 5.69 Å². The number of ether oxygens (including phenoxy) is 2. The van der Waals surface area contributed by atoms with Crippen molar-refractivity contribution < 1.29 is 14.3 Å². The van der Waals surface area contributed by atoms with Crippen LogP contribution in [0.5, 0.6) is 11.5 Å². The Labute approximate surface area is 149 Å². The molecule has 0 atom stereocenters. The molecule has 0 radical (unpaired) electrons. The number of rotatable bonds is 5. The number of methoxy groups -OCH3 is 2. The topological polar surface area (TPSA) is 77.7 Å². The maximum atomic E-state index is 12.0. The van der Waals surface area contributed by atoms with E-state index in [2.05, 4.69) is 47.5 Å². The van der Waals surface area contributed by atoms with Gasteiger partial charge in [-0.1, -0.05) is 0 Å². The number of hydrogen-bond acceptors (Lipinski definition) is 5. The van der Waals surface area contributed by atoms with E-state index in [9.17, 15) is 4.79 Å². The van der Waals surface area contributed by atoms with Crippen LogP contribution in [0, 0.1) is 0 Å². The van der Waals surface area contributed by atoms with Crippen molar-refractivity contribution in [2.75, 3.05) is 14.2 Å². The minimum atomic E-state index is -0.409. The number of nitrogens with zero attached hydrogens (tertiary/aromatic N) is 3. The Morgan fingerprint density at radius 2 is 2.04 bits per heavy atom. The van der Waals surface area contributed by atoms with Crippen LogP contribution >= 0.6 is 31.9 Å². The maximum Gasteiger partial charge on any atom is 0.293 e. The molecule has 122 valence electrons. The van der Waals surface area contributed by atoms with Crippen molar-refractivity contribution in [1.82, 2.24) is 15.2 Å². The first-order valence-corrected chi connectivity index (χ1v) is 7.99. The van der Waals surface area contributed by atoms with Gasteiger partial charge in [-0.2, -0.15) is 10.2 Å². The number of aryl methyl sites for hydroxylation is 1. The number of carbonyl (C=O) groups excluding carboxylic acids is 1. The third-order valence-electron chi connectivity index (χ3n) is 2.83. The summed E-state index contributed by atoms with van der Waals surface area (Å²) in [5, 5.41) is 7.97. The van der Waals surface area contributed by atoms with Gasteiger partial charge in [-0.15, -0.1) is 0 Å². The van der Waals surface area contributed by atoms with Gasteiger partial charge >= 0.3 is 0 Å². The lowest BCUT2D eigenvalue weighted by atomic mass is 10.2. The van der Waals surface area contributed by atoms with Crippen LogP contribution in [0.25, 0.3) is 0 Å². The molecule has 0 aliphatic carbocycles. The van der Waals surface area contributed by atoms with E-state index in [0.717, 1.165) is 10.0 Å². The third-order valence-corrected chi connectivity index (χ3v) is 4.00. The molecule has 0 aliphatic rings. The van der Waals surface area contributed by atoms with Crippen LogP contribution in [0.2, 0.25) is 0 Å². The van der Waals surface area contributed by atoms with E-state index in [1.165, 1.54) is 10.9 Å². The van der Waals surface area contributed by atoms with E-state index >= 15 is 0 Å². The van der Waals surface area contributed by atoms with Crippen molar-refractivity contribution in [3.63, 3.8) is 0 Å². The summed E-state index contributed by atoms with van der Waals surface area (Å²) in [6.45, 7) is 0. The van der Waals surface area contributed by atoms with Gasteiger partial charge in [0, 0.05) is 13.2 Å². The second-order valence-corrected chi connectivity index (χ2v) is 6.15. The summed E-state index contributed by atoms with van der Waals surface area (Å²) in [4.78, 5) is 12.0. The number of carbonyl (C=O) groups is 1. The van der Waals surface area contributed by atoms with Crippen molar-refractivity contribution in [3.8, 4) is 11.5 Å². The molecule has 0 fully saturated rings. The minimum absolute atomic E-state index is 0.262. The summed E-state index contributed by atoms with van der Waals surface area (Å²) >= 11 is 6.66. The number of benzene rings is 1. The minimum Gasteiger partial charge on any atom is -0.493 e. The lowest BCUT2D eigenvalue weighted by Crippen LogP contribution is -2.19. The Bertz CT molecular complexity index is 759. The average Bonchev–Trinajstić information content (AvgIpc) is 2.85. The molecule has 0 aliphatic heterocycles. The van der Waals surface area contributed by atoms with Crippen molar-refractivity contribution >= 4 is 44.0 Å². The number of nitrogens with one attached hydrogen (secondary N) is 1. The molecule has 9 heteroatoms. The van der Waals surface area contributed by atoms with Gasteiger partial charge in [-0.25, -0.2) is 5.43 Å². The van der Waals surface area contributed by atoms with Crippen LogP contribution in [0.3, 0.4) is 0 Å². The largest absolute Gasteiger partial charge is 0.493 e. The SMILES string of the molecule is COc1cc(/C=N/NC(=O)c2nn(C)cc2Br)cc(Br)c1OC. The van der Waals surface area contributed by atoms with E-state index in [0.29, 0.717) is 16.0 Å². The zero-order valence-electron chi connectivity index (χ0n) is 12.6. The molecule has 1 N–H and O–H groups in total. The average molecular weight is 446 g/mol. The standard InChI is InChI=1S/C14H14Br2N4O3/c1-20-7-10(16)12(19-20)14(21)18-17-6-8-4-9(15)13(23-3)11(5-8)22-2/h4-7H,1-3H3,(H,18,21)/b17-6+. The fourth-order valence-electron chi connectivity index (χ4n) is 1.84. The van der Waals surface area contributed by atoms with Gasteiger partial charge in [0.2, 0.25) is 0 Å². The normalized spacial score (nSPS) is 10.8. The molecule has 1 aromatic carbocycles. The number of halogens is 2. The van der Waals surface area contributed by atoms with Gasteiger partial charge in [0.15, 0.2) is 17.2 Å². The van der Waals surface area contributed by atoms with Crippen molar-refractivity contribution in [3.05, 3.63) is 38.5 Å². The van der Waals surface area contributed by atoms with Crippen LogP contribution < -0.4 is 14.9 Å². The second kappa shape index (κ2) is 7.60. The Balaban J connectivity index is 2.13. The highest BCUT2D eigenvalue weighted by Gasteiger charge is 2.13. The second-order valence-electron chi connectivity index (χ2n) is 4.44. The number of amides is 1. The molecule has 2 aromatic rings. The first-order chi connectivity index (χ1) is 11.0. The molecular formula is C14H14Br2N4O3. The number of aromatic nitrogens is 2. The Kier molecular flexibility index (Phi) is 5.78. The molecule has 0 saturated heterocycles. The summed E-state index contributed by atoms with van der Waals surface area (Å²) in [5.74, 6) is 0.737. The molecule has 23 heavy (non-hydrogen) atoms. The monoisotopic (exact) mass is 444 g/mol. The van der Waals surface area contributed by atoms with E-state index in [1.54, 1.807) is 39.6 Å². The molecule has 7 nitrogen and oxygen atoms in total. The van der Waals surface area contributed by atoms with Crippen LogP contribution in [-0.4, -0.2) is 36.1 Å². The first kappa shape index (κ1) is 17.5. The smallest absolute Gasteiger partial charge is 0.293 e. The van der Waals surface area contributed by atoms with Crippen molar-refractivity contribution in [1.29, 1.82) is 0 Å². The highest BCUT2D eigenvalue weighted by atomic mass is 79.9. The third kappa shape index (κ3) is 4.11. The number of hydrogen-bond donors (Lipinski definition) is 1. The summed E-state index contributed by atoms with van der Waals surface area (Å²) in [7, 11) is 4.83. The summed E-state index contributed by atoms with van der Waals surface area (Å²) in [6, 6.07) is 3.55. The molecule has 1 aromatic heterocycles. The fourth-order valence-corrected chi connectivity index (χ4v) is 3.02. The van der Waals surface area contributed by atoms with Gasteiger partial charge in [0.25, 0.3) is 5.91 Å². The Hall–Kier alpha value is -1.87. The molecule has 0 spiro atoms. The van der Waals surface area contributed by atoms with Crippen LogP contribution in [0.4, 0.5) is 0 Å². The predicted octanol–water partition coefficient (Wildman–Crippen LogP) is 2.73. The predicted molar refractivity (Wildman–Crippen MR) is 93.2 cm³/mol. The zero-order valence-corrected chi connectivity index (χ0v) is 15.8. The van der Waals surface area contributed by atoms with Crippen molar-refractivity contribution in [2.24, 2.45) is 12.1 Å². The quantitative estimate of drug-likeness (QED) is 0.567. The highest BCUT2D eigenvalue weighted by Crippen LogP contribution is 2.35. The Morgan fingerprint density at radius 1 is 1.30 bits per heavy atom. The molecule has 1 amide bonds. The summed E-state index contributed by atoms with van der Waals surface area (Å²) in [6.07, 6.45) is 3.19. The first-order valence-electron chi connectivity index (χ1n) is 6.40. The molecule has 0 bridgehead atoms. The van der Waals surface area contributed by atoms with E-state index < -0.39 is 5.91 Å². The van der Waals surface area contributed by atoms with Crippen LogP contribution in [0.15, 0.2) is 32.4 Å². The lowest BCUT2D eigenvalue weighted by Gasteiger charge is -2.10. The highest BCUT2D eigenvalue weighted by molar-refractivity contribution is 9.10. The van der Waals surface area contributed by atoms with E-state index in [4.69, 9.17) is 9.47 Å².